The van der Waals surface area contributed by atoms with Crippen molar-refractivity contribution in [3.05, 3.63) is 124 Å². The molecule has 1 amide bonds. The zero-order valence-electron chi connectivity index (χ0n) is 25.5. The lowest BCUT2D eigenvalue weighted by atomic mass is 10.0. The van der Waals surface area contributed by atoms with E-state index in [1.807, 2.05) is 109 Å². The van der Waals surface area contributed by atoms with Crippen LogP contribution < -0.4 is 10.5 Å². The van der Waals surface area contributed by atoms with Gasteiger partial charge < -0.3 is 4.90 Å². The van der Waals surface area contributed by atoms with Crippen LogP contribution in [0.1, 0.15) is 59.6 Å². The summed E-state index contributed by atoms with van der Waals surface area (Å²) in [4.78, 5) is 32.6. The maximum atomic E-state index is 13.3. The van der Waals surface area contributed by atoms with Crippen LogP contribution in [0.25, 0.3) is 27.5 Å². The molecule has 0 aliphatic rings. The summed E-state index contributed by atoms with van der Waals surface area (Å²) in [5.74, 6) is -0.0670. The van der Waals surface area contributed by atoms with Crippen molar-refractivity contribution in [3.8, 4) is 5.69 Å². The van der Waals surface area contributed by atoms with Crippen LogP contribution in [0.3, 0.4) is 0 Å². The first kappa shape index (κ1) is 31.0. The van der Waals surface area contributed by atoms with Crippen molar-refractivity contribution in [2.45, 2.75) is 54.9 Å². The monoisotopic (exact) mass is 547 g/mol. The van der Waals surface area contributed by atoms with Crippen molar-refractivity contribution in [2.75, 3.05) is 11.9 Å². The SMILES string of the molecule is CC.CC.CC(C)=C(C)C(=O)N(C)c1cccc(-n2c(=O)ccc3cnc4ccc(Cc5ccccc5)cc4c32)c1. The largest absolute Gasteiger partial charge is 0.312 e. The standard InChI is InChI=1S/C32H29N3O2.2C2H6/c1-21(2)22(3)32(37)34(4)26-11-8-12-27(19-26)35-30(36)16-14-25-20-33-29-15-13-24(18-28(29)31(25)35)17-23-9-6-5-7-10-23;2*1-2/h5-16,18-20H,17H2,1-4H3;2*1-2H3. The molecule has 0 aliphatic heterocycles. The lowest BCUT2D eigenvalue weighted by Gasteiger charge is -2.20. The summed E-state index contributed by atoms with van der Waals surface area (Å²) in [6.45, 7) is 13.7. The number of carbonyl (C=O) groups is 1. The van der Waals surface area contributed by atoms with E-state index in [9.17, 15) is 9.59 Å². The third-order valence-corrected chi connectivity index (χ3v) is 6.88. The van der Waals surface area contributed by atoms with Gasteiger partial charge in [-0.1, -0.05) is 75.7 Å². The maximum Gasteiger partial charge on any atom is 0.255 e. The lowest BCUT2D eigenvalue weighted by molar-refractivity contribution is -0.114. The molecule has 5 heteroatoms. The van der Waals surface area contributed by atoms with Gasteiger partial charge in [0.2, 0.25) is 0 Å². The van der Waals surface area contributed by atoms with Gasteiger partial charge in [-0.15, -0.1) is 0 Å². The fourth-order valence-corrected chi connectivity index (χ4v) is 4.58. The average Bonchev–Trinajstić information content (AvgIpc) is 3.02. The number of anilines is 1. The summed E-state index contributed by atoms with van der Waals surface area (Å²) in [7, 11) is 1.76. The predicted molar refractivity (Wildman–Crippen MR) is 174 cm³/mol. The van der Waals surface area contributed by atoms with E-state index in [4.69, 9.17) is 0 Å². The third kappa shape index (κ3) is 6.80. The molecule has 0 unspecified atom stereocenters. The first-order valence-electron chi connectivity index (χ1n) is 14.3. The molecule has 0 atom stereocenters. The van der Waals surface area contributed by atoms with Gasteiger partial charge in [0.25, 0.3) is 11.5 Å². The molecule has 0 bridgehead atoms. The van der Waals surface area contributed by atoms with E-state index in [0.717, 1.165) is 45.1 Å². The number of hydrogen-bond donors (Lipinski definition) is 0. The fourth-order valence-electron chi connectivity index (χ4n) is 4.58. The summed E-state index contributed by atoms with van der Waals surface area (Å²) in [6, 6.07) is 27.5. The van der Waals surface area contributed by atoms with Gasteiger partial charge in [0.05, 0.1) is 16.7 Å². The second-order valence-electron chi connectivity index (χ2n) is 9.59. The average molecular weight is 548 g/mol. The van der Waals surface area contributed by atoms with Crippen molar-refractivity contribution in [3.63, 3.8) is 0 Å². The molecule has 2 aromatic heterocycles. The second kappa shape index (κ2) is 14.2. The number of aromatic nitrogens is 2. The highest BCUT2D eigenvalue weighted by Crippen LogP contribution is 2.28. The van der Waals surface area contributed by atoms with Gasteiger partial charge in [-0.25, -0.2) is 0 Å². The first-order chi connectivity index (χ1) is 19.8. The Morgan fingerprint density at radius 2 is 1.51 bits per heavy atom. The number of rotatable bonds is 5. The summed E-state index contributed by atoms with van der Waals surface area (Å²) < 4.78 is 1.72. The zero-order chi connectivity index (χ0) is 30.1. The maximum absolute atomic E-state index is 13.3. The number of nitrogens with zero attached hydrogens (tertiary/aromatic N) is 3. The number of likely N-dealkylation sites (N-methyl/N-ethyl adjacent to an activating group) is 1. The van der Waals surface area contributed by atoms with Gasteiger partial charge >= 0.3 is 0 Å². The molecule has 212 valence electrons. The Morgan fingerprint density at radius 1 is 0.805 bits per heavy atom. The van der Waals surface area contributed by atoms with Crippen LogP contribution >= 0.6 is 0 Å². The Kier molecular flexibility index (Phi) is 10.8. The van der Waals surface area contributed by atoms with Crippen molar-refractivity contribution in [2.24, 2.45) is 0 Å². The predicted octanol–water partition coefficient (Wildman–Crippen LogP) is 8.50. The van der Waals surface area contributed by atoms with Crippen LogP contribution in [-0.4, -0.2) is 22.5 Å². The Balaban J connectivity index is 0.00000111. The minimum absolute atomic E-state index is 0.0670. The van der Waals surface area contributed by atoms with Crippen molar-refractivity contribution < 1.29 is 4.79 Å². The highest BCUT2D eigenvalue weighted by Gasteiger charge is 2.16. The molecule has 0 fully saturated rings. The van der Waals surface area contributed by atoms with Gasteiger partial charge in [0.15, 0.2) is 0 Å². The molecule has 0 saturated heterocycles. The van der Waals surface area contributed by atoms with E-state index in [1.54, 1.807) is 22.6 Å². The van der Waals surface area contributed by atoms with Gasteiger partial charge in [0, 0.05) is 41.3 Å². The van der Waals surface area contributed by atoms with E-state index in [0.29, 0.717) is 11.3 Å². The minimum Gasteiger partial charge on any atom is -0.312 e. The quantitative estimate of drug-likeness (QED) is 0.164. The van der Waals surface area contributed by atoms with E-state index in [2.05, 4.69) is 29.2 Å². The van der Waals surface area contributed by atoms with Gasteiger partial charge in [0.1, 0.15) is 0 Å². The second-order valence-corrected chi connectivity index (χ2v) is 9.59. The van der Waals surface area contributed by atoms with Gasteiger partial charge in [-0.05, 0) is 74.7 Å². The molecule has 3 aromatic carbocycles. The summed E-state index contributed by atoms with van der Waals surface area (Å²) >= 11 is 0. The van der Waals surface area contributed by atoms with Crippen LogP contribution in [-0.2, 0) is 11.2 Å². The van der Waals surface area contributed by atoms with Crippen molar-refractivity contribution in [1.29, 1.82) is 0 Å². The number of benzene rings is 3. The van der Waals surface area contributed by atoms with Crippen molar-refractivity contribution >= 4 is 33.4 Å². The number of amides is 1. The molecule has 0 spiro atoms. The molecule has 0 radical (unpaired) electrons. The highest BCUT2D eigenvalue weighted by atomic mass is 16.2. The van der Waals surface area contributed by atoms with Gasteiger partial charge in [-0.2, -0.15) is 0 Å². The van der Waals surface area contributed by atoms with Crippen molar-refractivity contribution in [1.82, 2.24) is 9.55 Å². The number of pyridine rings is 2. The van der Waals surface area contributed by atoms with E-state index in [-0.39, 0.29) is 11.5 Å². The molecule has 0 aliphatic carbocycles. The summed E-state index contributed by atoms with van der Waals surface area (Å²) in [6.07, 6.45) is 2.60. The first-order valence-corrected chi connectivity index (χ1v) is 14.3. The number of hydrogen-bond acceptors (Lipinski definition) is 3. The molecular weight excluding hydrogens is 506 g/mol. The van der Waals surface area contributed by atoms with Gasteiger partial charge in [-0.3, -0.25) is 19.1 Å². The minimum atomic E-state index is -0.139. The molecule has 0 N–H and O–H groups in total. The molecular formula is C36H41N3O2. The van der Waals surface area contributed by atoms with E-state index < -0.39 is 0 Å². The zero-order valence-corrected chi connectivity index (χ0v) is 25.5. The summed E-state index contributed by atoms with van der Waals surface area (Å²) in [5, 5.41) is 1.79. The number of carbonyl (C=O) groups excluding carboxylic acids is 1. The third-order valence-electron chi connectivity index (χ3n) is 6.88. The van der Waals surface area contributed by atoms with E-state index >= 15 is 0 Å². The van der Waals surface area contributed by atoms with Crippen LogP contribution in [0.4, 0.5) is 5.69 Å². The lowest BCUT2D eigenvalue weighted by Crippen LogP contribution is -2.27. The molecule has 5 rings (SSSR count). The summed E-state index contributed by atoms with van der Waals surface area (Å²) in [5.41, 5.74) is 6.96. The Bertz CT molecular complexity index is 1730. The number of fused-ring (bicyclic) bond motifs is 3. The van der Waals surface area contributed by atoms with Crippen LogP contribution in [0.2, 0.25) is 0 Å². The molecule has 5 nitrogen and oxygen atoms in total. The van der Waals surface area contributed by atoms with Crippen LogP contribution in [0.5, 0.6) is 0 Å². The molecule has 41 heavy (non-hydrogen) atoms. The molecule has 0 saturated carbocycles. The highest BCUT2D eigenvalue weighted by molar-refractivity contribution is 6.06. The molecule has 2 heterocycles. The normalized spacial score (nSPS) is 10.2. The fraction of sp³-hybridized carbons (Fsp3) is 0.250. The Hall–Kier alpha value is -4.51. The molecule has 5 aromatic rings. The smallest absolute Gasteiger partial charge is 0.255 e. The van der Waals surface area contributed by atoms with E-state index in [1.165, 1.54) is 5.56 Å². The topological polar surface area (TPSA) is 55.2 Å². The van der Waals surface area contributed by atoms with Crippen LogP contribution in [0.15, 0.2) is 107 Å². The number of allylic oxidation sites excluding steroid dienone is 1. The Morgan fingerprint density at radius 3 is 2.20 bits per heavy atom. The Labute approximate surface area is 243 Å². The van der Waals surface area contributed by atoms with Crippen LogP contribution in [0, 0.1) is 0 Å².